The summed E-state index contributed by atoms with van der Waals surface area (Å²) in [6.45, 7) is 15.4. The van der Waals surface area contributed by atoms with Gasteiger partial charge >= 0.3 is 17.6 Å². The molecule has 0 fully saturated rings. The maximum Gasteiger partial charge on any atom is 0.501 e. The molecule has 0 saturated heterocycles. The lowest BCUT2D eigenvalue weighted by Crippen LogP contribution is -2.47. The van der Waals surface area contributed by atoms with Crippen molar-refractivity contribution in [2.45, 2.75) is 65.5 Å². The van der Waals surface area contributed by atoms with Crippen LogP contribution in [-0.4, -0.2) is 78.7 Å². The molecular weight excluding hydrogens is 821 g/mol. The Balaban J connectivity index is 1.35. The van der Waals surface area contributed by atoms with E-state index in [2.05, 4.69) is 36.4 Å². The Morgan fingerprint density at radius 3 is 1.18 bits per heavy atom. The molecule has 50 heavy (non-hydrogen) atoms. The fourth-order valence-electron chi connectivity index (χ4n) is 5.37. The number of para-hydroxylation sites is 2. The highest BCUT2D eigenvalue weighted by atomic mass is 33.9. The zero-order chi connectivity index (χ0) is 35.7. The van der Waals surface area contributed by atoms with Gasteiger partial charge < -0.3 is 26.6 Å². The minimum Gasteiger partial charge on any atom is -0.374 e. The van der Waals surface area contributed by atoms with E-state index < -0.39 is 17.6 Å². The van der Waals surface area contributed by atoms with Crippen molar-refractivity contribution in [2.24, 2.45) is 0 Å². The summed E-state index contributed by atoms with van der Waals surface area (Å²) in [6.07, 6.45) is 0. The molecule has 0 aliphatic rings. The van der Waals surface area contributed by atoms with E-state index in [4.69, 9.17) is 36.5 Å². The topological polar surface area (TPSA) is 81.2 Å². The third-order valence-electron chi connectivity index (χ3n) is 7.22. The monoisotopic (exact) mass is 868 g/mol. The summed E-state index contributed by atoms with van der Waals surface area (Å²) in [6, 6.07) is 18.1. The number of hydrogen-bond acceptors (Lipinski definition) is 16. The van der Waals surface area contributed by atoms with Gasteiger partial charge in [-0.1, -0.05) is 45.9 Å². The van der Waals surface area contributed by atoms with E-state index in [-0.39, 0.29) is 11.8 Å². The molecule has 18 heteroatoms. The second kappa shape index (κ2) is 23.4. The highest BCUT2D eigenvalue weighted by Gasteiger charge is 2.45. The van der Waals surface area contributed by atoms with Crippen LogP contribution in [0.4, 0.5) is 0 Å². The van der Waals surface area contributed by atoms with Crippen LogP contribution in [0.3, 0.4) is 0 Å². The van der Waals surface area contributed by atoms with Crippen molar-refractivity contribution >= 4 is 122 Å². The smallest absolute Gasteiger partial charge is 0.374 e. The summed E-state index contributed by atoms with van der Waals surface area (Å²) >= 11 is 3.53. The molecule has 2 atom stereocenters. The van der Waals surface area contributed by atoms with Crippen molar-refractivity contribution in [1.29, 1.82) is 0 Å². The normalized spacial score (nSPS) is 13.8. The second-order valence-electron chi connectivity index (χ2n) is 10.6. The first-order chi connectivity index (χ1) is 24.4. The van der Waals surface area contributed by atoms with Crippen LogP contribution in [0.25, 0.3) is 20.4 Å². The van der Waals surface area contributed by atoms with Crippen molar-refractivity contribution in [2.75, 3.05) is 51.1 Å². The maximum absolute atomic E-state index is 6.26. The molecule has 2 aromatic heterocycles. The van der Waals surface area contributed by atoms with Gasteiger partial charge in [0.1, 0.15) is 0 Å². The second-order valence-corrected chi connectivity index (χ2v) is 27.7. The van der Waals surface area contributed by atoms with Gasteiger partial charge in [-0.2, -0.15) is 0 Å². The number of nitrogens with zero attached hydrogens (tertiary/aromatic N) is 2. The molecule has 4 rings (SSSR count). The number of hydrogen-bond donors (Lipinski definition) is 0. The molecule has 0 aliphatic heterocycles. The number of rotatable bonds is 27. The van der Waals surface area contributed by atoms with Crippen LogP contribution < -0.4 is 0 Å². The molecule has 0 amide bonds. The molecule has 278 valence electrons. The van der Waals surface area contributed by atoms with Crippen LogP contribution in [0, 0.1) is 0 Å². The Morgan fingerprint density at radius 2 is 0.860 bits per heavy atom. The van der Waals surface area contributed by atoms with E-state index in [0.717, 1.165) is 32.6 Å². The fourth-order valence-corrected chi connectivity index (χ4v) is 26.1. The van der Waals surface area contributed by atoms with Crippen molar-refractivity contribution in [3.05, 3.63) is 58.5 Å². The number of fused-ring (bicyclic) bond motifs is 2. The summed E-state index contributed by atoms with van der Waals surface area (Å²) < 4.78 is 40.0. The van der Waals surface area contributed by atoms with Gasteiger partial charge in [0.15, 0.2) is 0 Å². The standard InChI is InChI=1S/C32H48N2O6S8Si2/c1-7-35-49(36-8-2,37-9-3)23-25(31-33-27-17-13-15-19-29(27)43-31)21-41-45-47-48-46-42-22-26(24-50(38-10-4,39-11-5)40-12-6)32-34-28-18-14-16-20-30(28)44-32/h13-20,25-26H,7-12,21-24H2,1-6H3. The Labute approximate surface area is 330 Å². The first-order valence-corrected chi connectivity index (χ1v) is 30.2. The van der Waals surface area contributed by atoms with E-state index in [9.17, 15) is 0 Å². The van der Waals surface area contributed by atoms with E-state index in [1.807, 2.05) is 75.3 Å². The van der Waals surface area contributed by atoms with Gasteiger partial charge in [-0.3, -0.25) is 0 Å². The molecule has 0 bridgehead atoms. The van der Waals surface area contributed by atoms with Gasteiger partial charge in [-0.25, -0.2) is 9.97 Å². The largest absolute Gasteiger partial charge is 0.501 e. The first-order valence-electron chi connectivity index (χ1n) is 16.9. The van der Waals surface area contributed by atoms with Crippen LogP contribution in [0.2, 0.25) is 12.1 Å². The van der Waals surface area contributed by atoms with Crippen LogP contribution in [-0.2, 0) is 26.6 Å². The van der Waals surface area contributed by atoms with Gasteiger partial charge in [-0.15, -0.1) is 22.7 Å². The highest BCUT2D eigenvalue weighted by molar-refractivity contribution is 9.41. The molecule has 2 aromatic carbocycles. The number of aromatic nitrogens is 2. The molecule has 2 heterocycles. The van der Waals surface area contributed by atoms with Crippen molar-refractivity contribution in [3.63, 3.8) is 0 Å². The van der Waals surface area contributed by atoms with Gasteiger partial charge in [0.25, 0.3) is 0 Å². The number of thiazole rings is 2. The van der Waals surface area contributed by atoms with Crippen LogP contribution >= 0.6 is 83.6 Å². The summed E-state index contributed by atoms with van der Waals surface area (Å²) in [5.41, 5.74) is 2.08. The predicted molar refractivity (Wildman–Crippen MR) is 231 cm³/mol. The van der Waals surface area contributed by atoms with E-state index in [1.54, 1.807) is 62.0 Å². The van der Waals surface area contributed by atoms with Crippen LogP contribution in [0.1, 0.15) is 63.4 Å². The zero-order valence-electron chi connectivity index (χ0n) is 29.5. The van der Waals surface area contributed by atoms with Crippen LogP contribution in [0.5, 0.6) is 0 Å². The summed E-state index contributed by atoms with van der Waals surface area (Å²) in [5, 5.41) is 2.23. The van der Waals surface area contributed by atoms with Crippen LogP contribution in [0.15, 0.2) is 48.5 Å². The first kappa shape index (κ1) is 43.2. The lowest BCUT2D eigenvalue weighted by molar-refractivity contribution is 0.0691. The van der Waals surface area contributed by atoms with E-state index in [0.29, 0.717) is 51.7 Å². The molecule has 0 radical (unpaired) electrons. The lowest BCUT2D eigenvalue weighted by Gasteiger charge is -2.31. The third kappa shape index (κ3) is 13.1. The Kier molecular flexibility index (Phi) is 20.3. The van der Waals surface area contributed by atoms with Crippen molar-refractivity contribution in [3.8, 4) is 0 Å². The highest BCUT2D eigenvalue weighted by Crippen LogP contribution is 2.54. The maximum atomic E-state index is 6.26. The Morgan fingerprint density at radius 1 is 0.520 bits per heavy atom. The minimum absolute atomic E-state index is 0.161. The fraction of sp³-hybridized carbons (Fsp3) is 0.562. The SMILES string of the molecule is CCO[Si](CC(CSSSSSSCC(C[Si](OCC)(OCC)OCC)c1nc2ccccc2s1)c1nc2ccccc2s1)(OCC)OCC. The van der Waals surface area contributed by atoms with Crippen molar-refractivity contribution < 1.29 is 26.6 Å². The summed E-state index contributed by atoms with van der Waals surface area (Å²) in [5.74, 6) is 2.09. The molecule has 0 saturated carbocycles. The predicted octanol–water partition coefficient (Wildman–Crippen LogP) is 11.8. The lowest BCUT2D eigenvalue weighted by atomic mass is 10.2. The van der Waals surface area contributed by atoms with Gasteiger partial charge in [0.05, 0.1) is 30.4 Å². The quantitative estimate of drug-likeness (QED) is 0.0324. The van der Waals surface area contributed by atoms with Crippen molar-refractivity contribution in [1.82, 2.24) is 9.97 Å². The number of benzene rings is 2. The van der Waals surface area contributed by atoms with E-state index >= 15 is 0 Å². The van der Waals surface area contributed by atoms with Gasteiger partial charge in [-0.05, 0) is 105 Å². The molecular formula is C32H48N2O6S8Si2. The average Bonchev–Trinajstić information content (AvgIpc) is 3.74. The molecule has 0 N–H and O–H groups in total. The van der Waals surface area contributed by atoms with Gasteiger partial charge in [0, 0.05) is 75.1 Å². The summed E-state index contributed by atoms with van der Waals surface area (Å²) in [7, 11) is 5.18. The minimum atomic E-state index is -2.86. The molecule has 4 aromatic rings. The molecule has 0 spiro atoms. The summed E-state index contributed by atoms with van der Waals surface area (Å²) in [4.78, 5) is 10.1. The van der Waals surface area contributed by atoms with E-state index in [1.165, 1.54) is 9.40 Å². The Hall–Kier alpha value is 0.514. The Bertz CT molecular complexity index is 1330. The molecule has 8 nitrogen and oxygen atoms in total. The zero-order valence-corrected chi connectivity index (χ0v) is 38.0. The average molecular weight is 869 g/mol. The molecule has 2 unspecified atom stereocenters. The molecule has 0 aliphatic carbocycles. The third-order valence-corrected chi connectivity index (χ3v) is 27.0. The van der Waals surface area contributed by atoms with Gasteiger partial charge in [0.2, 0.25) is 0 Å².